The van der Waals surface area contributed by atoms with Gasteiger partial charge in [-0.1, -0.05) is 45.9 Å². The van der Waals surface area contributed by atoms with E-state index in [9.17, 15) is 0 Å². The predicted molar refractivity (Wildman–Crippen MR) is 79.6 cm³/mol. The van der Waals surface area contributed by atoms with Crippen LogP contribution in [0.15, 0.2) is 18.2 Å². The van der Waals surface area contributed by atoms with Crippen LogP contribution < -0.4 is 11.5 Å². The third kappa shape index (κ3) is 3.82. The summed E-state index contributed by atoms with van der Waals surface area (Å²) < 4.78 is 0. The Bertz CT molecular complexity index is 391. The van der Waals surface area contributed by atoms with Crippen molar-refractivity contribution in [1.29, 1.82) is 0 Å². The number of rotatable bonds is 4. The first-order valence-corrected chi connectivity index (χ1v) is 6.82. The van der Waals surface area contributed by atoms with Crippen molar-refractivity contribution in [2.75, 3.05) is 6.54 Å². The molecule has 0 saturated heterocycles. The largest absolute Gasteiger partial charge is 0.330 e. The van der Waals surface area contributed by atoms with E-state index in [2.05, 4.69) is 52.8 Å². The fraction of sp³-hybridized carbons (Fsp3) is 0.625. The molecule has 1 aromatic carbocycles. The summed E-state index contributed by atoms with van der Waals surface area (Å²) in [5.41, 5.74) is 16.1. The summed E-state index contributed by atoms with van der Waals surface area (Å²) in [6, 6.07) is 6.75. The summed E-state index contributed by atoms with van der Waals surface area (Å²) in [5, 5.41) is 0. The van der Waals surface area contributed by atoms with Crippen LogP contribution in [0.25, 0.3) is 0 Å². The quantitative estimate of drug-likeness (QED) is 0.859. The van der Waals surface area contributed by atoms with Gasteiger partial charge in [0.2, 0.25) is 0 Å². The van der Waals surface area contributed by atoms with Gasteiger partial charge >= 0.3 is 0 Å². The van der Waals surface area contributed by atoms with Crippen molar-refractivity contribution in [3.63, 3.8) is 0 Å². The second-order valence-corrected chi connectivity index (χ2v) is 6.50. The molecular formula is C16H28N2. The van der Waals surface area contributed by atoms with E-state index < -0.39 is 0 Å². The molecule has 2 heteroatoms. The fourth-order valence-electron chi connectivity index (χ4n) is 2.16. The minimum atomic E-state index is 0.0887. The molecule has 0 aliphatic heterocycles. The van der Waals surface area contributed by atoms with E-state index in [1.807, 2.05) is 0 Å². The summed E-state index contributed by atoms with van der Waals surface area (Å²) in [6.07, 6.45) is 0.949. The first kappa shape index (κ1) is 15.2. The van der Waals surface area contributed by atoms with Gasteiger partial charge in [0, 0.05) is 6.04 Å². The summed E-state index contributed by atoms with van der Waals surface area (Å²) in [6.45, 7) is 11.7. The Morgan fingerprint density at radius 2 is 1.83 bits per heavy atom. The van der Waals surface area contributed by atoms with E-state index in [-0.39, 0.29) is 11.5 Å². The molecule has 4 N–H and O–H groups in total. The highest BCUT2D eigenvalue weighted by atomic mass is 14.6. The Labute approximate surface area is 112 Å². The van der Waals surface area contributed by atoms with Crippen LogP contribution in [0, 0.1) is 12.8 Å². The third-order valence-corrected chi connectivity index (χ3v) is 3.60. The maximum Gasteiger partial charge on any atom is 0.0300 e. The van der Waals surface area contributed by atoms with Crippen LogP contribution in [0.2, 0.25) is 0 Å². The van der Waals surface area contributed by atoms with Gasteiger partial charge in [-0.05, 0) is 47.9 Å². The van der Waals surface area contributed by atoms with E-state index in [0.29, 0.717) is 12.5 Å². The van der Waals surface area contributed by atoms with Crippen LogP contribution in [0.3, 0.4) is 0 Å². The lowest BCUT2D eigenvalue weighted by Gasteiger charge is -2.24. The first-order chi connectivity index (χ1) is 8.25. The maximum atomic E-state index is 6.33. The van der Waals surface area contributed by atoms with Crippen molar-refractivity contribution in [3.05, 3.63) is 34.9 Å². The second kappa shape index (κ2) is 5.85. The minimum Gasteiger partial charge on any atom is -0.330 e. The Balaban J connectivity index is 3.00. The van der Waals surface area contributed by atoms with Crippen molar-refractivity contribution < 1.29 is 0 Å². The zero-order chi connectivity index (χ0) is 13.9. The topological polar surface area (TPSA) is 52.0 Å². The molecule has 2 unspecified atom stereocenters. The van der Waals surface area contributed by atoms with Gasteiger partial charge < -0.3 is 11.5 Å². The predicted octanol–water partition coefficient (Wildman–Crippen LogP) is 3.28. The maximum absolute atomic E-state index is 6.33. The van der Waals surface area contributed by atoms with Gasteiger partial charge in [-0.3, -0.25) is 0 Å². The van der Waals surface area contributed by atoms with Crippen LogP contribution in [-0.2, 0) is 5.41 Å². The fourth-order valence-corrected chi connectivity index (χ4v) is 2.16. The molecule has 0 aliphatic carbocycles. The molecule has 0 saturated carbocycles. The molecule has 0 aliphatic rings. The number of hydrogen-bond donors (Lipinski definition) is 2. The molecule has 0 bridgehead atoms. The molecule has 0 spiro atoms. The van der Waals surface area contributed by atoms with Crippen molar-refractivity contribution >= 4 is 0 Å². The number of nitrogens with two attached hydrogens (primary N) is 2. The van der Waals surface area contributed by atoms with Gasteiger partial charge in [0.25, 0.3) is 0 Å². The number of benzene rings is 1. The van der Waals surface area contributed by atoms with Gasteiger partial charge in [0.05, 0.1) is 0 Å². The Kier molecular flexibility index (Phi) is 4.94. The Morgan fingerprint density at radius 3 is 2.33 bits per heavy atom. The van der Waals surface area contributed by atoms with E-state index in [4.69, 9.17) is 11.5 Å². The normalized spacial score (nSPS) is 15.5. The second-order valence-electron chi connectivity index (χ2n) is 6.50. The Morgan fingerprint density at radius 1 is 1.22 bits per heavy atom. The molecule has 18 heavy (non-hydrogen) atoms. The van der Waals surface area contributed by atoms with Crippen molar-refractivity contribution in [2.45, 2.75) is 52.5 Å². The molecule has 2 nitrogen and oxygen atoms in total. The molecule has 2 atom stereocenters. The van der Waals surface area contributed by atoms with Crippen LogP contribution >= 0.6 is 0 Å². The molecule has 0 amide bonds. The third-order valence-electron chi connectivity index (χ3n) is 3.60. The summed E-state index contributed by atoms with van der Waals surface area (Å²) in [7, 11) is 0. The zero-order valence-corrected chi connectivity index (χ0v) is 12.5. The highest BCUT2D eigenvalue weighted by molar-refractivity contribution is 5.36. The van der Waals surface area contributed by atoms with Gasteiger partial charge in [-0.2, -0.15) is 0 Å². The lowest BCUT2D eigenvalue weighted by molar-refractivity contribution is 0.480. The smallest absolute Gasteiger partial charge is 0.0300 e. The lowest BCUT2D eigenvalue weighted by Crippen LogP contribution is -2.21. The summed E-state index contributed by atoms with van der Waals surface area (Å²) in [5.74, 6) is 0.470. The molecule has 0 heterocycles. The van der Waals surface area contributed by atoms with Crippen molar-refractivity contribution in [3.8, 4) is 0 Å². The summed E-state index contributed by atoms with van der Waals surface area (Å²) >= 11 is 0. The average molecular weight is 248 g/mol. The van der Waals surface area contributed by atoms with E-state index in [1.54, 1.807) is 0 Å². The molecule has 0 radical (unpaired) electrons. The molecule has 1 rings (SSSR count). The Hall–Kier alpha value is -0.860. The van der Waals surface area contributed by atoms with Crippen molar-refractivity contribution in [2.24, 2.45) is 17.4 Å². The monoisotopic (exact) mass is 248 g/mol. The van der Waals surface area contributed by atoms with Crippen LogP contribution in [0.5, 0.6) is 0 Å². The zero-order valence-electron chi connectivity index (χ0n) is 12.5. The van der Waals surface area contributed by atoms with E-state index in [1.165, 1.54) is 16.7 Å². The lowest BCUT2D eigenvalue weighted by atomic mass is 9.83. The van der Waals surface area contributed by atoms with Gasteiger partial charge in [-0.25, -0.2) is 0 Å². The van der Waals surface area contributed by atoms with Gasteiger partial charge in [0.15, 0.2) is 0 Å². The highest BCUT2D eigenvalue weighted by Crippen LogP contribution is 2.28. The number of aryl methyl sites for hydroxylation is 1. The van der Waals surface area contributed by atoms with Crippen LogP contribution in [0.4, 0.5) is 0 Å². The molecular weight excluding hydrogens is 220 g/mol. The van der Waals surface area contributed by atoms with Crippen molar-refractivity contribution in [1.82, 2.24) is 0 Å². The molecule has 0 fully saturated rings. The molecule has 102 valence electrons. The number of hydrogen-bond acceptors (Lipinski definition) is 2. The average Bonchev–Trinajstić information content (AvgIpc) is 2.27. The van der Waals surface area contributed by atoms with E-state index in [0.717, 1.165) is 6.42 Å². The summed E-state index contributed by atoms with van der Waals surface area (Å²) in [4.78, 5) is 0. The highest BCUT2D eigenvalue weighted by Gasteiger charge is 2.18. The van der Waals surface area contributed by atoms with E-state index >= 15 is 0 Å². The van der Waals surface area contributed by atoms with Crippen LogP contribution in [0.1, 0.15) is 56.8 Å². The van der Waals surface area contributed by atoms with Crippen LogP contribution in [-0.4, -0.2) is 6.54 Å². The van der Waals surface area contributed by atoms with Gasteiger partial charge in [0.1, 0.15) is 0 Å². The SMILES string of the molecule is Cc1ccc(C(C)(C)C)cc1C(N)CC(C)CN. The molecule has 0 aromatic heterocycles. The first-order valence-electron chi connectivity index (χ1n) is 6.82. The standard InChI is InChI=1S/C16H28N2/c1-11(10-17)8-15(18)14-9-13(16(3,4)5)7-6-12(14)2/h6-7,9,11,15H,8,10,17-18H2,1-5H3. The minimum absolute atomic E-state index is 0.0887. The van der Waals surface area contributed by atoms with Gasteiger partial charge in [-0.15, -0.1) is 0 Å². The molecule has 1 aromatic rings.